The highest BCUT2D eigenvalue weighted by molar-refractivity contribution is 7.53. The van der Waals surface area contributed by atoms with Crippen LogP contribution in [0.4, 0.5) is 5.82 Å². The Labute approximate surface area is 235 Å². The minimum atomic E-state index is -5.59. The zero-order chi connectivity index (χ0) is 32.4. The zero-order valence-electron chi connectivity index (χ0n) is 21.7. The van der Waals surface area contributed by atoms with Crippen LogP contribution < -0.4 is 16.7 Å². The molecule has 240 valence electrons. The van der Waals surface area contributed by atoms with E-state index in [0.717, 1.165) is 11.5 Å². The van der Waals surface area contributed by atoms with E-state index in [0.29, 0.717) is 0 Å². The van der Waals surface area contributed by atoms with Crippen molar-refractivity contribution < 1.29 is 79.4 Å². The molecule has 42 heavy (non-hydrogen) atoms. The lowest BCUT2D eigenvalue weighted by atomic mass is 9.87. The fraction of sp³-hybridized carbons (Fsp3) is 0.700. The molecule has 1 aromatic rings. The molecule has 0 bridgehead atoms. The summed E-state index contributed by atoms with van der Waals surface area (Å²) in [6.07, 6.45) is -13.9. The minimum Gasteiger partial charge on any atom is -0.477 e. The van der Waals surface area contributed by atoms with Crippen molar-refractivity contribution in [2.24, 2.45) is 0 Å². The molecule has 2 aliphatic heterocycles. The van der Waals surface area contributed by atoms with E-state index in [9.17, 15) is 59.4 Å². The first-order valence-corrected chi connectivity index (χ1v) is 13.5. The molecule has 3 rings (SSSR count). The predicted molar refractivity (Wildman–Crippen MR) is 132 cm³/mol. The number of carbonyl (C=O) groups excluding carboxylic acids is 1. The first-order chi connectivity index (χ1) is 19.3. The predicted octanol–water partition coefficient (Wildman–Crippen LogP) is -6.93. The molecule has 2 fully saturated rings. The van der Waals surface area contributed by atoms with E-state index in [1.807, 2.05) is 0 Å². The highest BCUT2D eigenvalue weighted by Gasteiger charge is 2.69. The number of carboxylic acids is 1. The molecule has 22 heteroatoms. The van der Waals surface area contributed by atoms with Crippen molar-refractivity contribution in [1.29, 1.82) is 0 Å². The van der Waals surface area contributed by atoms with Gasteiger partial charge in [-0.05, 0) is 6.07 Å². The smallest absolute Gasteiger partial charge is 0.364 e. The number of aliphatic carboxylic acids is 1. The standard InChI is InChI=1S/C11H20NO12P.C9H13N3O5/c1-4(14)12-11(25(21,22)23)6(16)2-10(20,9(18)19)24-8(11)7(17)5(15)3-13;10-5-1-2-12(9(16)11-5)8-7(15)6(14)4(3-13)17-8/h5-8,13,15-17,20H,2-3H2,1H3,(H,12,14)(H,18,19)(H2,21,22,23);1-2,4,6-8,13-15H,3H2,(H2,10,11,16)/t5?,6-,7?,8-,10?,11-;4-,6-,7-,8-/m01/s1. The highest BCUT2D eigenvalue weighted by Crippen LogP contribution is 2.58. The fourth-order valence-electron chi connectivity index (χ4n) is 4.33. The number of nitrogens with two attached hydrogens (primary N) is 1. The van der Waals surface area contributed by atoms with Crippen LogP contribution in [-0.2, 0) is 23.6 Å². The number of carbonyl (C=O) groups is 2. The largest absolute Gasteiger partial charge is 0.477 e. The number of ether oxygens (including phenoxy) is 2. The summed E-state index contributed by atoms with van der Waals surface area (Å²) in [7, 11) is -5.59. The molecule has 14 N–H and O–H groups in total. The SMILES string of the molecule is CC(=O)N[C@]1(P(=O)(O)O)[C@@H](O)CC(O)(C(=O)O)O[C@H]1C(O)C(O)CO.Nc1ccn([C@@H]2O[C@H](CO)[C@@H](O)[C@H]2O)c(=O)n1. The molecule has 0 aliphatic carbocycles. The molecular weight excluding hydrogens is 599 g/mol. The Morgan fingerprint density at radius 3 is 2.26 bits per heavy atom. The second-order valence-corrected chi connectivity index (χ2v) is 11.2. The Kier molecular flexibility index (Phi) is 11.3. The normalized spacial score (nSPS) is 34.5. The molecular formula is C20H33N4O17P. The molecule has 2 saturated heterocycles. The van der Waals surface area contributed by atoms with E-state index < -0.39 is 105 Å². The van der Waals surface area contributed by atoms with Crippen LogP contribution in [0.2, 0.25) is 0 Å². The van der Waals surface area contributed by atoms with Gasteiger partial charge < -0.3 is 76.3 Å². The molecule has 3 unspecified atom stereocenters. The topological polar surface area (TPSA) is 365 Å². The lowest BCUT2D eigenvalue weighted by Crippen LogP contribution is -2.74. The van der Waals surface area contributed by atoms with Crippen molar-refractivity contribution in [2.75, 3.05) is 18.9 Å². The molecule has 0 spiro atoms. The Balaban J connectivity index is 0.000000314. The number of aliphatic hydroxyl groups is 8. The minimum absolute atomic E-state index is 0.0537. The van der Waals surface area contributed by atoms with E-state index in [2.05, 4.69) is 4.98 Å². The number of nitrogen functional groups attached to an aromatic ring is 1. The van der Waals surface area contributed by atoms with Gasteiger partial charge in [0.1, 0.15) is 42.4 Å². The number of aliphatic hydroxyl groups excluding tert-OH is 7. The zero-order valence-corrected chi connectivity index (χ0v) is 22.6. The summed E-state index contributed by atoms with van der Waals surface area (Å²) in [6.45, 7) is -0.778. The van der Waals surface area contributed by atoms with Crippen LogP contribution in [0.5, 0.6) is 0 Å². The Hall–Kier alpha value is -2.63. The second kappa shape index (κ2) is 13.3. The first kappa shape index (κ1) is 35.6. The Bertz CT molecular complexity index is 1230. The van der Waals surface area contributed by atoms with Crippen LogP contribution in [-0.4, -0.2) is 144 Å². The quantitative estimate of drug-likeness (QED) is 0.118. The third-order valence-corrected chi connectivity index (χ3v) is 8.09. The van der Waals surface area contributed by atoms with Crippen LogP contribution in [0.1, 0.15) is 19.6 Å². The molecule has 0 radical (unpaired) electrons. The molecule has 2 aliphatic rings. The number of hydrogen-bond donors (Lipinski definition) is 13. The van der Waals surface area contributed by atoms with Crippen molar-refractivity contribution in [3.63, 3.8) is 0 Å². The van der Waals surface area contributed by atoms with Gasteiger partial charge >= 0.3 is 19.3 Å². The van der Waals surface area contributed by atoms with E-state index in [-0.39, 0.29) is 5.82 Å². The van der Waals surface area contributed by atoms with E-state index in [4.69, 9.17) is 30.5 Å². The average Bonchev–Trinajstić information content (AvgIpc) is 3.17. The number of carboxylic acid groups (broad SMARTS) is 1. The Morgan fingerprint density at radius 1 is 1.24 bits per heavy atom. The highest BCUT2D eigenvalue weighted by atomic mass is 31.2. The van der Waals surface area contributed by atoms with Gasteiger partial charge in [-0.3, -0.25) is 13.9 Å². The maximum absolute atomic E-state index is 12.0. The maximum atomic E-state index is 12.0. The van der Waals surface area contributed by atoms with Gasteiger partial charge in [0.05, 0.1) is 19.3 Å². The van der Waals surface area contributed by atoms with E-state index in [1.165, 1.54) is 12.3 Å². The number of nitrogens with one attached hydrogen (secondary N) is 1. The molecule has 3 heterocycles. The summed E-state index contributed by atoms with van der Waals surface area (Å²) in [4.78, 5) is 56.9. The van der Waals surface area contributed by atoms with Gasteiger partial charge in [-0.1, -0.05) is 0 Å². The summed E-state index contributed by atoms with van der Waals surface area (Å²) >= 11 is 0. The molecule has 21 nitrogen and oxygen atoms in total. The van der Waals surface area contributed by atoms with Crippen molar-refractivity contribution in [3.05, 3.63) is 22.7 Å². The second-order valence-electron chi connectivity index (χ2n) is 9.41. The molecule has 1 amide bonds. The maximum Gasteiger partial charge on any atom is 0.364 e. The first-order valence-electron chi connectivity index (χ1n) is 11.9. The van der Waals surface area contributed by atoms with Crippen LogP contribution in [0.3, 0.4) is 0 Å². The van der Waals surface area contributed by atoms with Crippen LogP contribution in [0.15, 0.2) is 17.1 Å². The van der Waals surface area contributed by atoms with Gasteiger partial charge in [0.15, 0.2) is 11.5 Å². The van der Waals surface area contributed by atoms with Gasteiger partial charge in [-0.2, -0.15) is 4.98 Å². The summed E-state index contributed by atoms with van der Waals surface area (Å²) in [5.74, 6) is -6.28. The van der Waals surface area contributed by atoms with Crippen molar-refractivity contribution >= 4 is 25.3 Å². The average molecular weight is 632 g/mol. The van der Waals surface area contributed by atoms with Gasteiger partial charge in [0, 0.05) is 19.5 Å². The van der Waals surface area contributed by atoms with Gasteiger partial charge in [0.2, 0.25) is 5.91 Å². The van der Waals surface area contributed by atoms with E-state index in [1.54, 1.807) is 5.32 Å². The monoisotopic (exact) mass is 632 g/mol. The number of amides is 1. The third-order valence-electron chi connectivity index (χ3n) is 6.46. The number of rotatable bonds is 8. The molecule has 0 aromatic carbocycles. The molecule has 0 saturated carbocycles. The number of hydrogen-bond acceptors (Lipinski definition) is 16. The lowest BCUT2D eigenvalue weighted by molar-refractivity contribution is -0.302. The number of nitrogens with zero attached hydrogens (tertiary/aromatic N) is 2. The lowest BCUT2D eigenvalue weighted by Gasteiger charge is -2.52. The fourth-order valence-corrected chi connectivity index (χ4v) is 5.65. The number of aromatic nitrogens is 2. The molecule has 1 aromatic heterocycles. The Morgan fingerprint density at radius 2 is 1.83 bits per heavy atom. The van der Waals surface area contributed by atoms with Gasteiger partial charge in [-0.15, -0.1) is 0 Å². The molecule has 10 atom stereocenters. The summed E-state index contributed by atoms with van der Waals surface area (Å²) in [5.41, 5.74) is 4.63. The number of anilines is 1. The van der Waals surface area contributed by atoms with Crippen LogP contribution in [0, 0.1) is 0 Å². The van der Waals surface area contributed by atoms with Gasteiger partial charge in [0.25, 0.3) is 5.79 Å². The van der Waals surface area contributed by atoms with Crippen LogP contribution >= 0.6 is 7.60 Å². The van der Waals surface area contributed by atoms with E-state index >= 15 is 0 Å². The van der Waals surface area contributed by atoms with Gasteiger partial charge in [-0.25, -0.2) is 9.59 Å². The van der Waals surface area contributed by atoms with Crippen molar-refractivity contribution in [1.82, 2.24) is 14.9 Å². The summed E-state index contributed by atoms with van der Waals surface area (Å²) in [5, 5.41) is 84.4. The summed E-state index contributed by atoms with van der Waals surface area (Å²) < 4.78 is 22.9. The van der Waals surface area contributed by atoms with Crippen molar-refractivity contribution in [2.45, 2.75) is 73.4 Å². The third kappa shape index (κ3) is 6.94. The summed E-state index contributed by atoms with van der Waals surface area (Å²) in [6, 6.07) is 1.37. The van der Waals surface area contributed by atoms with Crippen molar-refractivity contribution in [3.8, 4) is 0 Å². The van der Waals surface area contributed by atoms with Crippen LogP contribution in [0.25, 0.3) is 0 Å².